The van der Waals surface area contributed by atoms with Crippen LogP contribution in [0.4, 0.5) is 5.13 Å². The van der Waals surface area contributed by atoms with Crippen molar-refractivity contribution >= 4 is 32.6 Å². The van der Waals surface area contributed by atoms with Crippen LogP contribution in [0.1, 0.15) is 19.3 Å². The zero-order valence-electron chi connectivity index (χ0n) is 14.0. The summed E-state index contributed by atoms with van der Waals surface area (Å²) in [5, 5.41) is 7.83. The van der Waals surface area contributed by atoms with E-state index in [1.54, 1.807) is 11.3 Å². The average Bonchev–Trinajstić information content (AvgIpc) is 3.40. The summed E-state index contributed by atoms with van der Waals surface area (Å²) in [5.41, 5.74) is 0.971. The number of anilines is 1. The Kier molecular flexibility index (Phi) is 3.83. The summed E-state index contributed by atoms with van der Waals surface area (Å²) < 4.78 is 1.18. The van der Waals surface area contributed by atoms with Crippen LogP contribution >= 0.6 is 11.3 Å². The van der Waals surface area contributed by atoms with Crippen molar-refractivity contribution in [3.8, 4) is 0 Å². The van der Waals surface area contributed by atoms with Crippen LogP contribution in [0.2, 0.25) is 0 Å². The fraction of sp³-hybridized carbons (Fsp3) is 0.588. The normalized spacial score (nSPS) is 28.3. The molecule has 7 nitrogen and oxygen atoms in total. The standard InChI is InChI=1S/C17H22N6OS/c24-15-9-12(11-1-2-11)19-16(21-15)22-5-7-23(8-6-22)17-20-13-10-18-4-3-14(13)25-17/h3-4,10-12,16,19H,1-2,5-9H2,(H,21,24). The fourth-order valence-corrected chi connectivity index (χ4v) is 4.77. The fourth-order valence-electron chi connectivity index (χ4n) is 3.79. The van der Waals surface area contributed by atoms with E-state index in [4.69, 9.17) is 4.98 Å². The van der Waals surface area contributed by atoms with Gasteiger partial charge in [0.05, 0.1) is 10.9 Å². The molecule has 0 radical (unpaired) electrons. The third kappa shape index (κ3) is 3.09. The van der Waals surface area contributed by atoms with Gasteiger partial charge in [0.15, 0.2) is 5.13 Å². The highest BCUT2D eigenvalue weighted by molar-refractivity contribution is 7.22. The molecular formula is C17H22N6OS. The molecule has 2 saturated heterocycles. The molecular weight excluding hydrogens is 336 g/mol. The Hall–Kier alpha value is -1.77. The minimum atomic E-state index is -0.0198. The van der Waals surface area contributed by atoms with Gasteiger partial charge in [-0.1, -0.05) is 11.3 Å². The Morgan fingerprint density at radius 3 is 2.80 bits per heavy atom. The number of fused-ring (bicyclic) bond motifs is 1. The van der Waals surface area contributed by atoms with E-state index in [1.165, 1.54) is 17.5 Å². The third-order valence-corrected chi connectivity index (χ3v) is 6.49. The summed E-state index contributed by atoms with van der Waals surface area (Å²) in [4.78, 5) is 25.6. The highest BCUT2D eigenvalue weighted by Crippen LogP contribution is 2.35. The van der Waals surface area contributed by atoms with Crippen LogP contribution in [0.3, 0.4) is 0 Å². The van der Waals surface area contributed by atoms with Crippen molar-refractivity contribution in [1.82, 2.24) is 25.5 Å². The van der Waals surface area contributed by atoms with E-state index >= 15 is 0 Å². The predicted octanol–water partition coefficient (Wildman–Crippen LogP) is 0.985. The van der Waals surface area contributed by atoms with Gasteiger partial charge in [-0.2, -0.15) is 0 Å². The van der Waals surface area contributed by atoms with Gasteiger partial charge in [0.2, 0.25) is 5.91 Å². The molecule has 5 rings (SSSR count). The van der Waals surface area contributed by atoms with Gasteiger partial charge in [0.25, 0.3) is 0 Å². The summed E-state index contributed by atoms with van der Waals surface area (Å²) in [6, 6.07) is 2.38. The number of hydrogen-bond acceptors (Lipinski definition) is 7. The van der Waals surface area contributed by atoms with Crippen LogP contribution in [0.15, 0.2) is 18.5 Å². The first-order chi connectivity index (χ1) is 12.3. The molecule has 1 amide bonds. The Balaban J connectivity index is 1.24. The van der Waals surface area contributed by atoms with Gasteiger partial charge < -0.3 is 10.2 Å². The van der Waals surface area contributed by atoms with Gasteiger partial charge in [-0.25, -0.2) is 4.98 Å². The molecule has 3 fully saturated rings. The number of thiazole rings is 1. The van der Waals surface area contributed by atoms with Crippen molar-refractivity contribution in [2.24, 2.45) is 5.92 Å². The number of amides is 1. The van der Waals surface area contributed by atoms with Crippen molar-refractivity contribution in [1.29, 1.82) is 0 Å². The van der Waals surface area contributed by atoms with Crippen molar-refractivity contribution in [2.45, 2.75) is 31.6 Å². The van der Waals surface area contributed by atoms with E-state index in [0.29, 0.717) is 18.4 Å². The molecule has 25 heavy (non-hydrogen) atoms. The molecule has 2 atom stereocenters. The number of nitrogens with one attached hydrogen (secondary N) is 2. The molecule has 2 aliphatic heterocycles. The topological polar surface area (TPSA) is 73.4 Å². The van der Waals surface area contributed by atoms with Crippen LogP contribution in [-0.4, -0.2) is 59.3 Å². The van der Waals surface area contributed by atoms with E-state index in [1.807, 2.05) is 18.5 Å². The number of carbonyl (C=O) groups is 1. The number of pyridine rings is 1. The maximum absolute atomic E-state index is 12.0. The first-order valence-electron chi connectivity index (χ1n) is 9.01. The second kappa shape index (κ2) is 6.19. The minimum Gasteiger partial charge on any atom is -0.345 e. The van der Waals surface area contributed by atoms with Gasteiger partial charge in [-0.05, 0) is 24.8 Å². The molecule has 2 unspecified atom stereocenters. The van der Waals surface area contributed by atoms with E-state index < -0.39 is 0 Å². The lowest BCUT2D eigenvalue weighted by Gasteiger charge is -2.43. The molecule has 8 heteroatoms. The van der Waals surface area contributed by atoms with Gasteiger partial charge in [0, 0.05) is 44.8 Å². The van der Waals surface area contributed by atoms with Crippen molar-refractivity contribution < 1.29 is 4.79 Å². The Morgan fingerprint density at radius 2 is 2.04 bits per heavy atom. The van der Waals surface area contributed by atoms with E-state index in [9.17, 15) is 4.79 Å². The number of rotatable bonds is 3. The molecule has 0 bridgehead atoms. The smallest absolute Gasteiger partial charge is 0.223 e. The summed E-state index contributed by atoms with van der Waals surface area (Å²) in [6.45, 7) is 3.69. The predicted molar refractivity (Wildman–Crippen MR) is 97.4 cm³/mol. The van der Waals surface area contributed by atoms with Gasteiger partial charge >= 0.3 is 0 Å². The van der Waals surface area contributed by atoms with E-state index in [-0.39, 0.29) is 12.2 Å². The monoisotopic (exact) mass is 358 g/mol. The Morgan fingerprint density at radius 1 is 1.20 bits per heavy atom. The zero-order chi connectivity index (χ0) is 16.8. The molecule has 132 valence electrons. The number of aromatic nitrogens is 2. The van der Waals surface area contributed by atoms with Crippen molar-refractivity contribution in [3.63, 3.8) is 0 Å². The second-order valence-corrected chi connectivity index (χ2v) is 8.16. The molecule has 2 N–H and O–H groups in total. The van der Waals surface area contributed by atoms with Crippen LogP contribution in [-0.2, 0) is 4.79 Å². The largest absolute Gasteiger partial charge is 0.345 e. The SMILES string of the molecule is O=C1CC(C2CC2)NC(N2CCN(c3nc4cnccc4s3)CC2)N1. The average molecular weight is 358 g/mol. The summed E-state index contributed by atoms with van der Waals surface area (Å²) in [7, 11) is 0. The summed E-state index contributed by atoms with van der Waals surface area (Å²) in [5.74, 6) is 0.882. The van der Waals surface area contributed by atoms with Crippen LogP contribution in [0, 0.1) is 5.92 Å². The molecule has 1 saturated carbocycles. The maximum Gasteiger partial charge on any atom is 0.223 e. The molecule has 2 aromatic rings. The van der Waals surface area contributed by atoms with Crippen LogP contribution < -0.4 is 15.5 Å². The highest BCUT2D eigenvalue weighted by Gasteiger charge is 2.39. The number of piperazine rings is 1. The number of nitrogens with zero attached hydrogens (tertiary/aromatic N) is 4. The Bertz CT molecular complexity index is 749. The summed E-state index contributed by atoms with van der Waals surface area (Å²) >= 11 is 1.72. The second-order valence-electron chi connectivity index (χ2n) is 7.15. The number of carbonyl (C=O) groups excluding carboxylic acids is 1. The van der Waals surface area contributed by atoms with Crippen molar-refractivity contribution in [3.05, 3.63) is 18.5 Å². The Labute approximate surface area is 150 Å². The molecule has 0 aromatic carbocycles. The third-order valence-electron chi connectivity index (χ3n) is 5.39. The molecule has 4 heterocycles. The molecule has 3 aliphatic rings. The molecule has 0 spiro atoms. The number of hydrogen-bond donors (Lipinski definition) is 2. The van der Waals surface area contributed by atoms with Crippen LogP contribution in [0.5, 0.6) is 0 Å². The first-order valence-corrected chi connectivity index (χ1v) is 9.83. The van der Waals surface area contributed by atoms with Crippen LogP contribution in [0.25, 0.3) is 10.2 Å². The lowest BCUT2D eigenvalue weighted by Crippen LogP contribution is -2.67. The highest BCUT2D eigenvalue weighted by atomic mass is 32.1. The minimum absolute atomic E-state index is 0.0198. The maximum atomic E-state index is 12.0. The zero-order valence-corrected chi connectivity index (χ0v) is 14.8. The van der Waals surface area contributed by atoms with Gasteiger partial charge in [-0.3, -0.25) is 20.0 Å². The van der Waals surface area contributed by atoms with E-state index in [2.05, 4.69) is 25.4 Å². The first kappa shape index (κ1) is 15.5. The molecule has 2 aromatic heterocycles. The van der Waals surface area contributed by atoms with Crippen molar-refractivity contribution in [2.75, 3.05) is 31.1 Å². The quantitative estimate of drug-likeness (QED) is 0.852. The van der Waals surface area contributed by atoms with Gasteiger partial charge in [0.1, 0.15) is 11.8 Å². The summed E-state index contributed by atoms with van der Waals surface area (Å²) in [6.07, 6.45) is 6.77. The lowest BCUT2D eigenvalue weighted by molar-refractivity contribution is -0.127. The van der Waals surface area contributed by atoms with Gasteiger partial charge in [-0.15, -0.1) is 0 Å². The molecule has 1 aliphatic carbocycles. The van der Waals surface area contributed by atoms with E-state index in [0.717, 1.165) is 36.8 Å². The lowest BCUT2D eigenvalue weighted by atomic mass is 10.1.